The number of carboxylic acids is 2. The predicted molar refractivity (Wildman–Crippen MR) is 126 cm³/mol. The van der Waals surface area contributed by atoms with Crippen molar-refractivity contribution in [2.24, 2.45) is 0 Å². The molecule has 0 bridgehead atoms. The Morgan fingerprint density at radius 3 is 1.87 bits per heavy atom. The molecule has 6 nitrogen and oxygen atoms in total. The summed E-state index contributed by atoms with van der Waals surface area (Å²) in [5.74, 6) is -1.87. The molecule has 182 valence electrons. The molecule has 0 spiro atoms. The maximum Gasteiger partial charge on any atom is 0.303 e. The van der Waals surface area contributed by atoms with E-state index in [1.165, 1.54) is 44.9 Å². The molecule has 2 N–H and O–H groups in total. The second-order valence-corrected chi connectivity index (χ2v) is 9.08. The lowest BCUT2D eigenvalue weighted by atomic mass is 10.1. The van der Waals surface area contributed by atoms with Gasteiger partial charge in [0.15, 0.2) is 0 Å². The molecule has 0 aliphatic carbocycles. The van der Waals surface area contributed by atoms with Gasteiger partial charge in [-0.2, -0.15) is 0 Å². The Balaban J connectivity index is 0. The average Bonchev–Trinajstić information content (AvgIpc) is 2.63. The van der Waals surface area contributed by atoms with Gasteiger partial charge in [0.2, 0.25) is 0 Å². The summed E-state index contributed by atoms with van der Waals surface area (Å²) in [5, 5.41) is 27.6. The van der Waals surface area contributed by atoms with Crippen molar-refractivity contribution in [3.8, 4) is 0 Å². The van der Waals surface area contributed by atoms with Crippen LogP contribution in [0.1, 0.15) is 90.4 Å². The van der Waals surface area contributed by atoms with Crippen molar-refractivity contribution in [1.82, 2.24) is 0 Å². The highest BCUT2D eigenvalue weighted by Crippen LogP contribution is 2.08. The third-order valence-corrected chi connectivity index (χ3v) is 4.50. The Morgan fingerprint density at radius 1 is 0.871 bits per heavy atom. The Hall–Kier alpha value is -1.66. The van der Waals surface area contributed by atoms with Crippen molar-refractivity contribution < 1.29 is 29.4 Å². The lowest BCUT2D eigenvalue weighted by molar-refractivity contribution is -0.873. The number of carboxylic acid groups (broad SMARTS) is 2. The van der Waals surface area contributed by atoms with E-state index in [0.717, 1.165) is 25.7 Å². The summed E-state index contributed by atoms with van der Waals surface area (Å²) in [7, 11) is 5.66. The highest BCUT2D eigenvalue weighted by molar-refractivity contribution is 5.66. The van der Waals surface area contributed by atoms with E-state index in [1.54, 1.807) is 0 Å². The fourth-order valence-corrected chi connectivity index (χ4v) is 2.98. The van der Waals surface area contributed by atoms with E-state index in [0.29, 0.717) is 17.4 Å². The van der Waals surface area contributed by atoms with Crippen LogP contribution >= 0.6 is 0 Å². The van der Waals surface area contributed by atoms with Gasteiger partial charge in [0.05, 0.1) is 21.1 Å². The van der Waals surface area contributed by atoms with Crippen molar-refractivity contribution in [3.63, 3.8) is 0 Å². The molecular weight excluding hydrogens is 394 g/mol. The second-order valence-electron chi connectivity index (χ2n) is 9.08. The van der Waals surface area contributed by atoms with Crippen LogP contribution in [0.2, 0.25) is 0 Å². The van der Waals surface area contributed by atoms with E-state index in [4.69, 9.17) is 10.2 Å². The monoisotopic (exact) mass is 441 g/mol. The highest BCUT2D eigenvalue weighted by atomic mass is 16.4. The highest BCUT2D eigenvalue weighted by Gasteiger charge is 2.14. The summed E-state index contributed by atoms with van der Waals surface area (Å²) < 4.78 is 0.550. The Labute approximate surface area is 190 Å². The third-order valence-electron chi connectivity index (χ3n) is 4.50. The average molecular weight is 442 g/mol. The number of hydrogen-bond donors (Lipinski definition) is 2. The number of carbonyl (C=O) groups excluding carboxylic acids is 1. The van der Waals surface area contributed by atoms with Gasteiger partial charge in [0, 0.05) is 18.8 Å². The molecule has 0 saturated heterocycles. The normalized spacial score (nSPS) is 12.7. The molecule has 0 aliphatic rings. The van der Waals surface area contributed by atoms with Gasteiger partial charge < -0.3 is 24.6 Å². The molecule has 6 heteroatoms. The molecule has 0 amide bonds. The topological polar surface area (TPSA) is 97.7 Å². The number of aliphatic carboxylic acids is 2. The van der Waals surface area contributed by atoms with Crippen molar-refractivity contribution in [3.05, 3.63) is 24.3 Å². The standard InChI is InChI=1S/C18H32O2.C7H15NO3/c1-2-3-4-5-6-7-8-9-10-11-12-13-14-15-16-17-18(19)20;1-8(2,3)5-6(9)4-7(10)11/h6-7,9-10H,2-5,8,11-17H2,1H3,(H,19,20);6,9H,4-5H2,1-3H3/b7-6-,10-9-;. The van der Waals surface area contributed by atoms with E-state index < -0.39 is 18.0 Å². The van der Waals surface area contributed by atoms with Gasteiger partial charge in [0.25, 0.3) is 0 Å². The first-order valence-electron chi connectivity index (χ1n) is 11.8. The number of hydrogen-bond acceptors (Lipinski definition) is 4. The minimum atomic E-state index is -1.20. The van der Waals surface area contributed by atoms with Crippen LogP contribution in [0, 0.1) is 0 Å². The number of quaternary nitrogens is 1. The van der Waals surface area contributed by atoms with Gasteiger partial charge in [-0.25, -0.2) is 0 Å². The lowest BCUT2D eigenvalue weighted by Crippen LogP contribution is -2.43. The van der Waals surface area contributed by atoms with E-state index in [-0.39, 0.29) is 6.42 Å². The van der Waals surface area contributed by atoms with Crippen molar-refractivity contribution in [2.75, 3.05) is 27.7 Å². The first-order valence-corrected chi connectivity index (χ1v) is 11.8. The molecule has 0 radical (unpaired) electrons. The maximum atomic E-state index is 10.3. The quantitative estimate of drug-likeness (QED) is 0.190. The number of carbonyl (C=O) groups is 2. The largest absolute Gasteiger partial charge is 0.550 e. The first-order chi connectivity index (χ1) is 14.6. The molecule has 0 rings (SSSR count). The van der Waals surface area contributed by atoms with E-state index in [2.05, 4.69) is 31.2 Å². The van der Waals surface area contributed by atoms with Crippen LogP contribution in [0.4, 0.5) is 0 Å². The van der Waals surface area contributed by atoms with Crippen LogP contribution < -0.4 is 5.11 Å². The van der Waals surface area contributed by atoms with Crippen LogP contribution in [0.3, 0.4) is 0 Å². The number of unbranched alkanes of at least 4 members (excludes halogenated alkanes) is 8. The number of aliphatic hydroxyl groups excluding tert-OH is 1. The summed E-state index contributed by atoms with van der Waals surface area (Å²) >= 11 is 0. The maximum absolute atomic E-state index is 10.3. The lowest BCUT2D eigenvalue weighted by Gasteiger charge is -2.26. The van der Waals surface area contributed by atoms with Gasteiger partial charge >= 0.3 is 5.97 Å². The molecule has 0 aromatic rings. The molecule has 0 aromatic heterocycles. The van der Waals surface area contributed by atoms with Gasteiger partial charge in [-0.1, -0.05) is 63.3 Å². The number of likely N-dealkylation sites (N-methyl/N-ethyl adjacent to an activating group) is 1. The minimum Gasteiger partial charge on any atom is -0.550 e. The molecule has 1 unspecified atom stereocenters. The van der Waals surface area contributed by atoms with Crippen molar-refractivity contribution in [1.29, 1.82) is 0 Å². The zero-order valence-electron chi connectivity index (χ0n) is 20.4. The Kier molecular flexibility index (Phi) is 21.9. The summed E-state index contributed by atoms with van der Waals surface area (Å²) in [6.45, 7) is 2.66. The Morgan fingerprint density at radius 2 is 1.39 bits per heavy atom. The SMILES string of the molecule is CCCCC/C=C\C/C=C\CCCCCCCC(=O)O.C[N+](C)(C)CC(O)CC(=O)[O-]. The first kappa shape index (κ1) is 31.5. The second kappa shape index (κ2) is 21.6. The smallest absolute Gasteiger partial charge is 0.303 e. The minimum absolute atomic E-state index is 0.282. The Bertz CT molecular complexity index is 495. The van der Waals surface area contributed by atoms with Gasteiger partial charge in [-0.3, -0.25) is 4.79 Å². The fourth-order valence-electron chi connectivity index (χ4n) is 2.98. The number of rotatable bonds is 18. The molecule has 0 heterocycles. The van der Waals surface area contributed by atoms with Crippen LogP contribution in [0.5, 0.6) is 0 Å². The van der Waals surface area contributed by atoms with E-state index in [1.807, 2.05) is 21.1 Å². The van der Waals surface area contributed by atoms with Crippen LogP contribution in [-0.2, 0) is 9.59 Å². The van der Waals surface area contributed by atoms with Crippen LogP contribution in [-0.4, -0.2) is 60.4 Å². The molecular formula is C25H47NO5. The summed E-state index contributed by atoms with van der Waals surface area (Å²) in [4.78, 5) is 20.3. The number of nitrogens with zero attached hydrogens (tertiary/aromatic N) is 1. The van der Waals surface area contributed by atoms with Crippen LogP contribution in [0.25, 0.3) is 0 Å². The molecule has 0 aliphatic heterocycles. The predicted octanol–water partition coefficient (Wildman–Crippen LogP) is 4.08. The number of allylic oxidation sites excluding steroid dienone is 4. The molecule has 0 aromatic carbocycles. The van der Waals surface area contributed by atoms with E-state index >= 15 is 0 Å². The van der Waals surface area contributed by atoms with Gasteiger partial charge in [-0.15, -0.1) is 0 Å². The molecule has 0 saturated carbocycles. The molecule has 1 atom stereocenters. The van der Waals surface area contributed by atoms with Crippen molar-refractivity contribution in [2.45, 2.75) is 96.5 Å². The molecule has 0 fully saturated rings. The zero-order chi connectivity index (χ0) is 24.0. The van der Waals surface area contributed by atoms with Gasteiger partial charge in [-0.05, 0) is 38.5 Å². The number of aliphatic hydroxyl groups is 1. The van der Waals surface area contributed by atoms with E-state index in [9.17, 15) is 14.7 Å². The van der Waals surface area contributed by atoms with Crippen LogP contribution in [0.15, 0.2) is 24.3 Å². The zero-order valence-corrected chi connectivity index (χ0v) is 20.4. The van der Waals surface area contributed by atoms with Gasteiger partial charge in [0.1, 0.15) is 12.6 Å². The third kappa shape index (κ3) is 33.2. The summed E-state index contributed by atoms with van der Waals surface area (Å²) in [6.07, 6.45) is 21.2. The summed E-state index contributed by atoms with van der Waals surface area (Å²) in [6, 6.07) is 0. The molecule has 31 heavy (non-hydrogen) atoms. The summed E-state index contributed by atoms with van der Waals surface area (Å²) in [5.41, 5.74) is 0. The van der Waals surface area contributed by atoms with Crippen molar-refractivity contribution >= 4 is 11.9 Å². The fraction of sp³-hybridized carbons (Fsp3) is 0.760.